The first-order valence-corrected chi connectivity index (χ1v) is 10.7. The number of ether oxygens (including phenoxy) is 1. The van der Waals surface area contributed by atoms with E-state index >= 15 is 0 Å². The van der Waals surface area contributed by atoms with Crippen molar-refractivity contribution < 1.29 is 13.9 Å². The second kappa shape index (κ2) is 8.43. The molecular formula is C23H26N2O3S. The number of hydrogen-bond donors (Lipinski definition) is 1. The van der Waals surface area contributed by atoms with E-state index in [0.29, 0.717) is 5.76 Å². The minimum atomic E-state index is -0.215. The molecule has 5 nitrogen and oxygen atoms in total. The summed E-state index contributed by atoms with van der Waals surface area (Å²) < 4.78 is 10.6. The molecule has 4 rings (SSSR count). The van der Waals surface area contributed by atoms with Crippen LogP contribution in [-0.4, -0.2) is 31.0 Å². The van der Waals surface area contributed by atoms with Crippen molar-refractivity contribution in [3.63, 3.8) is 0 Å². The van der Waals surface area contributed by atoms with Gasteiger partial charge in [0.15, 0.2) is 5.76 Å². The zero-order chi connectivity index (χ0) is 20.4. The van der Waals surface area contributed by atoms with Crippen LogP contribution in [0, 0.1) is 13.8 Å². The van der Waals surface area contributed by atoms with Gasteiger partial charge in [0, 0.05) is 10.4 Å². The maximum atomic E-state index is 12.7. The Labute approximate surface area is 175 Å². The highest BCUT2D eigenvalue weighted by atomic mass is 32.1. The first-order chi connectivity index (χ1) is 14.1. The zero-order valence-electron chi connectivity index (χ0n) is 17.0. The number of carbonyl (C=O) groups excluding carboxylic acids is 1. The molecular weight excluding hydrogens is 384 g/mol. The number of amides is 1. The number of likely N-dealkylation sites (tertiary alicyclic amines) is 1. The molecule has 0 aliphatic carbocycles. The van der Waals surface area contributed by atoms with Gasteiger partial charge in [-0.3, -0.25) is 9.69 Å². The number of thiophene rings is 1. The fraction of sp³-hybridized carbons (Fsp3) is 0.348. The summed E-state index contributed by atoms with van der Waals surface area (Å²) in [7, 11) is 1.68. The van der Waals surface area contributed by atoms with Gasteiger partial charge < -0.3 is 14.5 Å². The number of hydrogen-bond acceptors (Lipinski definition) is 5. The molecule has 1 amide bonds. The van der Waals surface area contributed by atoms with Gasteiger partial charge in [-0.2, -0.15) is 0 Å². The largest absolute Gasteiger partial charge is 0.497 e. The van der Waals surface area contributed by atoms with E-state index in [-0.39, 0.29) is 11.9 Å². The summed E-state index contributed by atoms with van der Waals surface area (Å²) >= 11 is 1.63. The monoisotopic (exact) mass is 410 g/mol. The van der Waals surface area contributed by atoms with E-state index in [2.05, 4.69) is 36.2 Å². The normalized spacial score (nSPS) is 15.4. The standard InChI is InChI=1S/C23H26N2O3S/c1-15-16(2)29-23(24-22(26)19-7-6-14-28-19)20(15)21(25-12-4-5-13-25)17-8-10-18(27-3)11-9-17/h6-11,14,21H,4-5,12-13H2,1-3H3,(H,24,26)/t21-/m0/s1. The molecule has 1 atom stereocenters. The fourth-order valence-electron chi connectivity index (χ4n) is 3.99. The van der Waals surface area contributed by atoms with Crippen LogP contribution >= 0.6 is 11.3 Å². The SMILES string of the molecule is COc1ccc([C@@H](c2c(NC(=O)c3ccco3)sc(C)c2C)N2CCCC2)cc1. The number of methoxy groups -OCH3 is 1. The summed E-state index contributed by atoms with van der Waals surface area (Å²) in [5, 5.41) is 4.00. The molecule has 0 saturated carbocycles. The van der Waals surface area contributed by atoms with Crippen molar-refractivity contribution in [3.05, 3.63) is 70.0 Å². The third kappa shape index (κ3) is 3.95. The van der Waals surface area contributed by atoms with Crippen LogP contribution in [0.1, 0.15) is 51.0 Å². The maximum Gasteiger partial charge on any atom is 0.291 e. The summed E-state index contributed by atoms with van der Waals surface area (Å²) in [5.41, 5.74) is 3.62. The van der Waals surface area contributed by atoms with Crippen LogP contribution in [0.25, 0.3) is 0 Å². The van der Waals surface area contributed by atoms with Crippen LogP contribution in [0.3, 0.4) is 0 Å². The Balaban J connectivity index is 1.76. The molecule has 6 heteroatoms. The smallest absolute Gasteiger partial charge is 0.291 e. The molecule has 1 N–H and O–H groups in total. The maximum absolute atomic E-state index is 12.7. The van der Waals surface area contributed by atoms with Crippen molar-refractivity contribution in [2.75, 3.05) is 25.5 Å². The first kappa shape index (κ1) is 19.7. The van der Waals surface area contributed by atoms with E-state index in [1.165, 1.54) is 40.7 Å². The molecule has 1 aromatic carbocycles. The Morgan fingerprint density at radius 3 is 2.52 bits per heavy atom. The fourth-order valence-corrected chi connectivity index (χ4v) is 5.07. The highest BCUT2D eigenvalue weighted by Crippen LogP contribution is 2.43. The molecule has 29 heavy (non-hydrogen) atoms. The summed E-state index contributed by atoms with van der Waals surface area (Å²) in [6.45, 7) is 6.37. The predicted molar refractivity (Wildman–Crippen MR) is 116 cm³/mol. The third-order valence-corrected chi connectivity index (χ3v) is 6.75. The lowest BCUT2D eigenvalue weighted by molar-refractivity contribution is 0.0997. The molecule has 1 aliphatic heterocycles. The Morgan fingerprint density at radius 1 is 1.17 bits per heavy atom. The van der Waals surface area contributed by atoms with Crippen molar-refractivity contribution in [1.82, 2.24) is 4.90 Å². The second-order valence-corrected chi connectivity index (χ2v) is 8.60. The van der Waals surface area contributed by atoms with Crippen LogP contribution in [0.15, 0.2) is 47.1 Å². The van der Waals surface area contributed by atoms with Crippen molar-refractivity contribution in [1.29, 1.82) is 0 Å². The Morgan fingerprint density at radius 2 is 1.90 bits per heavy atom. The van der Waals surface area contributed by atoms with Gasteiger partial charge in [0.25, 0.3) is 5.91 Å². The number of benzene rings is 1. The molecule has 0 radical (unpaired) electrons. The minimum absolute atomic E-state index is 0.0975. The Hall–Kier alpha value is -2.57. The molecule has 3 heterocycles. The van der Waals surface area contributed by atoms with Gasteiger partial charge in [-0.05, 0) is 75.2 Å². The van der Waals surface area contributed by atoms with E-state index in [1.807, 2.05) is 12.1 Å². The number of nitrogens with zero attached hydrogens (tertiary/aromatic N) is 1. The van der Waals surface area contributed by atoms with Gasteiger partial charge in [-0.1, -0.05) is 12.1 Å². The van der Waals surface area contributed by atoms with E-state index in [9.17, 15) is 4.79 Å². The lowest BCUT2D eigenvalue weighted by Crippen LogP contribution is -2.27. The topological polar surface area (TPSA) is 54.7 Å². The number of aryl methyl sites for hydroxylation is 1. The molecule has 1 aliphatic rings. The summed E-state index contributed by atoms with van der Waals surface area (Å²) in [4.78, 5) is 16.4. The number of carbonyl (C=O) groups is 1. The number of rotatable bonds is 6. The summed E-state index contributed by atoms with van der Waals surface area (Å²) in [5.74, 6) is 0.952. The predicted octanol–water partition coefficient (Wildman–Crippen LogP) is 5.40. The van der Waals surface area contributed by atoms with Crippen molar-refractivity contribution >= 4 is 22.2 Å². The van der Waals surface area contributed by atoms with Gasteiger partial charge in [-0.15, -0.1) is 11.3 Å². The van der Waals surface area contributed by atoms with Crippen LogP contribution in [0.2, 0.25) is 0 Å². The molecule has 152 valence electrons. The van der Waals surface area contributed by atoms with Gasteiger partial charge >= 0.3 is 0 Å². The van der Waals surface area contributed by atoms with Crippen molar-refractivity contribution in [2.45, 2.75) is 32.7 Å². The quantitative estimate of drug-likeness (QED) is 0.591. The number of nitrogens with one attached hydrogen (secondary N) is 1. The van der Waals surface area contributed by atoms with Crippen LogP contribution in [0.4, 0.5) is 5.00 Å². The van der Waals surface area contributed by atoms with E-state index < -0.39 is 0 Å². The molecule has 0 bridgehead atoms. The van der Waals surface area contributed by atoms with Gasteiger partial charge in [0.1, 0.15) is 10.8 Å². The molecule has 2 aromatic heterocycles. The third-order valence-electron chi connectivity index (χ3n) is 5.61. The van der Waals surface area contributed by atoms with Gasteiger partial charge in [0.05, 0.1) is 19.4 Å². The van der Waals surface area contributed by atoms with Gasteiger partial charge in [-0.25, -0.2) is 0 Å². The van der Waals surface area contributed by atoms with Crippen LogP contribution < -0.4 is 10.1 Å². The lowest BCUT2D eigenvalue weighted by Gasteiger charge is -2.29. The molecule has 1 fully saturated rings. The van der Waals surface area contributed by atoms with Gasteiger partial charge in [0.2, 0.25) is 0 Å². The van der Waals surface area contributed by atoms with E-state index in [4.69, 9.17) is 9.15 Å². The Bertz CT molecular complexity index is 970. The lowest BCUT2D eigenvalue weighted by atomic mass is 9.95. The van der Waals surface area contributed by atoms with Crippen molar-refractivity contribution in [2.24, 2.45) is 0 Å². The number of furan rings is 1. The molecule has 1 saturated heterocycles. The minimum Gasteiger partial charge on any atom is -0.497 e. The highest BCUT2D eigenvalue weighted by molar-refractivity contribution is 7.16. The van der Waals surface area contributed by atoms with E-state index in [1.54, 1.807) is 30.6 Å². The summed E-state index contributed by atoms with van der Waals surface area (Å²) in [6.07, 6.45) is 3.91. The number of anilines is 1. The molecule has 0 unspecified atom stereocenters. The average molecular weight is 411 g/mol. The van der Waals surface area contributed by atoms with Crippen LogP contribution in [0.5, 0.6) is 5.75 Å². The van der Waals surface area contributed by atoms with Crippen LogP contribution in [-0.2, 0) is 0 Å². The highest BCUT2D eigenvalue weighted by Gasteiger charge is 2.31. The average Bonchev–Trinajstić information content (AvgIpc) is 3.49. The summed E-state index contributed by atoms with van der Waals surface area (Å²) in [6, 6.07) is 11.8. The van der Waals surface area contributed by atoms with Crippen molar-refractivity contribution in [3.8, 4) is 5.75 Å². The molecule has 3 aromatic rings. The molecule has 0 spiro atoms. The zero-order valence-corrected chi connectivity index (χ0v) is 17.8. The Kier molecular flexibility index (Phi) is 5.74. The van der Waals surface area contributed by atoms with E-state index in [0.717, 1.165) is 23.8 Å². The second-order valence-electron chi connectivity index (χ2n) is 7.38. The first-order valence-electron chi connectivity index (χ1n) is 9.91.